The van der Waals surface area contributed by atoms with Crippen molar-refractivity contribution in [1.82, 2.24) is 9.80 Å². The Morgan fingerprint density at radius 2 is 2.21 bits per heavy atom. The second-order valence-electron chi connectivity index (χ2n) is 3.47. The van der Waals surface area contributed by atoms with Crippen LogP contribution in [0.1, 0.15) is 13.3 Å². The number of β-amino-alcohol motifs (C(OH)–C–C–N with tert-alkyl or cyclic N) is 1. The molecule has 78 valence electrons. The second kappa shape index (κ2) is 5.13. The Kier molecular flexibility index (Phi) is 4.11. The van der Waals surface area contributed by atoms with Gasteiger partial charge in [0.15, 0.2) is 5.11 Å². The van der Waals surface area contributed by atoms with Gasteiger partial charge in [-0.2, -0.15) is 5.26 Å². The van der Waals surface area contributed by atoms with Crippen LogP contribution in [0, 0.1) is 11.3 Å². The van der Waals surface area contributed by atoms with Gasteiger partial charge in [-0.15, -0.1) is 0 Å². The fourth-order valence-electron chi connectivity index (χ4n) is 1.51. The minimum atomic E-state index is -0.358. The molecule has 1 N–H and O–H groups in total. The van der Waals surface area contributed by atoms with Crippen molar-refractivity contribution in [1.29, 1.82) is 5.26 Å². The number of nitriles is 1. The zero-order valence-electron chi connectivity index (χ0n) is 8.31. The van der Waals surface area contributed by atoms with E-state index in [1.165, 1.54) is 0 Å². The molecule has 5 heteroatoms. The maximum atomic E-state index is 9.22. The molecule has 0 radical (unpaired) electrons. The van der Waals surface area contributed by atoms with E-state index in [0.717, 1.165) is 18.2 Å². The maximum Gasteiger partial charge on any atom is 0.171 e. The van der Waals surface area contributed by atoms with Crippen molar-refractivity contribution >= 4 is 17.3 Å². The van der Waals surface area contributed by atoms with Crippen LogP contribution in [0.2, 0.25) is 0 Å². The van der Waals surface area contributed by atoms with E-state index in [1.54, 1.807) is 6.92 Å². The number of aliphatic hydroxyl groups excluding tert-OH is 1. The van der Waals surface area contributed by atoms with Gasteiger partial charge in [-0.1, -0.05) is 0 Å². The van der Waals surface area contributed by atoms with Gasteiger partial charge in [0, 0.05) is 26.2 Å². The van der Waals surface area contributed by atoms with Crippen molar-refractivity contribution in [3.05, 3.63) is 0 Å². The Labute approximate surface area is 89.7 Å². The van der Waals surface area contributed by atoms with Crippen LogP contribution < -0.4 is 0 Å². The van der Waals surface area contributed by atoms with Crippen LogP contribution in [0.4, 0.5) is 0 Å². The number of thiocarbonyl (C=S) groups is 1. The summed E-state index contributed by atoms with van der Waals surface area (Å²) in [5, 5.41) is 18.4. The van der Waals surface area contributed by atoms with Crippen LogP contribution in [0.5, 0.6) is 0 Å². The first-order valence-electron chi connectivity index (χ1n) is 4.74. The van der Waals surface area contributed by atoms with E-state index < -0.39 is 0 Å². The summed E-state index contributed by atoms with van der Waals surface area (Å²) in [5.74, 6) is 0. The molecular weight excluding hydrogens is 198 g/mol. The topological polar surface area (TPSA) is 50.5 Å². The molecule has 1 fully saturated rings. The molecule has 0 amide bonds. The van der Waals surface area contributed by atoms with E-state index in [0.29, 0.717) is 19.5 Å². The predicted octanol–water partition coefficient (Wildman–Crippen LogP) is 0.183. The van der Waals surface area contributed by atoms with Gasteiger partial charge in [-0.3, -0.25) is 0 Å². The first-order valence-corrected chi connectivity index (χ1v) is 5.15. The number of hydrogen-bond donors (Lipinski definition) is 1. The number of hydrogen-bond acceptors (Lipinski definition) is 3. The largest absolute Gasteiger partial charge is 0.392 e. The quantitative estimate of drug-likeness (QED) is 0.675. The molecular formula is C9H15N3OS. The molecule has 0 spiro atoms. The highest BCUT2D eigenvalue weighted by atomic mass is 32.1. The lowest BCUT2D eigenvalue weighted by atomic mass is 10.4. The van der Waals surface area contributed by atoms with Crippen molar-refractivity contribution in [3.63, 3.8) is 0 Å². The normalized spacial score (nSPS) is 18.5. The number of rotatable bonds is 4. The van der Waals surface area contributed by atoms with Gasteiger partial charge >= 0.3 is 0 Å². The highest BCUT2D eigenvalue weighted by Gasteiger charge is 2.24. The third-order valence-electron chi connectivity index (χ3n) is 2.16. The van der Waals surface area contributed by atoms with Crippen molar-refractivity contribution in [3.8, 4) is 6.07 Å². The molecule has 1 rings (SSSR count). The summed E-state index contributed by atoms with van der Waals surface area (Å²) < 4.78 is 0. The van der Waals surface area contributed by atoms with Gasteiger partial charge in [-0.25, -0.2) is 0 Å². The molecule has 0 aromatic heterocycles. The van der Waals surface area contributed by atoms with Crippen molar-refractivity contribution in [2.45, 2.75) is 19.4 Å². The minimum Gasteiger partial charge on any atom is -0.392 e. The smallest absolute Gasteiger partial charge is 0.171 e. The first-order chi connectivity index (χ1) is 6.65. The summed E-state index contributed by atoms with van der Waals surface area (Å²) in [5.41, 5.74) is 0. The van der Waals surface area contributed by atoms with Crippen molar-refractivity contribution in [2.75, 3.05) is 26.2 Å². The molecule has 1 aliphatic rings. The average Bonchev–Trinajstić information content (AvgIpc) is 2.45. The molecule has 14 heavy (non-hydrogen) atoms. The Morgan fingerprint density at radius 1 is 1.57 bits per heavy atom. The summed E-state index contributed by atoms with van der Waals surface area (Å²) in [6.45, 7) is 4.76. The van der Waals surface area contributed by atoms with Crippen LogP contribution >= 0.6 is 12.2 Å². The maximum absolute atomic E-state index is 9.22. The number of nitrogens with zero attached hydrogens (tertiary/aromatic N) is 3. The minimum absolute atomic E-state index is 0.358. The van der Waals surface area contributed by atoms with Crippen LogP contribution in [-0.2, 0) is 0 Å². The molecule has 0 aromatic rings. The van der Waals surface area contributed by atoms with Crippen LogP contribution in [-0.4, -0.2) is 52.3 Å². The Morgan fingerprint density at radius 3 is 2.79 bits per heavy atom. The summed E-state index contributed by atoms with van der Waals surface area (Å²) in [6, 6.07) is 2.10. The van der Waals surface area contributed by atoms with Crippen LogP contribution in [0.15, 0.2) is 0 Å². The summed E-state index contributed by atoms with van der Waals surface area (Å²) in [7, 11) is 0. The van der Waals surface area contributed by atoms with Gasteiger partial charge in [0.25, 0.3) is 0 Å². The van der Waals surface area contributed by atoms with E-state index in [2.05, 4.69) is 6.07 Å². The van der Waals surface area contributed by atoms with Gasteiger partial charge < -0.3 is 14.9 Å². The fourth-order valence-corrected chi connectivity index (χ4v) is 1.86. The van der Waals surface area contributed by atoms with E-state index in [4.69, 9.17) is 17.5 Å². The van der Waals surface area contributed by atoms with E-state index in [9.17, 15) is 5.11 Å². The lowest BCUT2D eigenvalue weighted by Crippen LogP contribution is -2.36. The molecule has 0 aliphatic carbocycles. The van der Waals surface area contributed by atoms with Gasteiger partial charge in [0.1, 0.15) is 0 Å². The van der Waals surface area contributed by atoms with Gasteiger partial charge in [0.2, 0.25) is 0 Å². The standard InChI is InChI=1S/C9H15N3OS/c1-8(13)7-12-6-5-11(9(12)14)4-2-3-10/h8,13H,2,4-7H2,1H3. The summed E-state index contributed by atoms with van der Waals surface area (Å²) in [6.07, 6.45) is 0.145. The van der Waals surface area contributed by atoms with Crippen LogP contribution in [0.25, 0.3) is 0 Å². The molecule has 0 bridgehead atoms. The molecule has 1 aliphatic heterocycles. The Bertz CT molecular complexity index is 249. The lowest BCUT2D eigenvalue weighted by Gasteiger charge is -2.22. The predicted molar refractivity (Wildman–Crippen MR) is 57.7 cm³/mol. The highest BCUT2D eigenvalue weighted by Crippen LogP contribution is 2.09. The zero-order chi connectivity index (χ0) is 10.6. The van der Waals surface area contributed by atoms with Gasteiger partial charge in [0.05, 0.1) is 18.6 Å². The van der Waals surface area contributed by atoms with E-state index in [1.807, 2.05) is 9.80 Å². The fraction of sp³-hybridized carbons (Fsp3) is 0.778. The van der Waals surface area contributed by atoms with Crippen molar-refractivity contribution in [2.24, 2.45) is 0 Å². The molecule has 4 nitrogen and oxygen atoms in total. The third-order valence-corrected chi connectivity index (χ3v) is 2.68. The second-order valence-corrected chi connectivity index (χ2v) is 3.84. The Hall–Kier alpha value is -0.860. The third kappa shape index (κ3) is 2.82. The average molecular weight is 213 g/mol. The highest BCUT2D eigenvalue weighted by molar-refractivity contribution is 7.80. The molecule has 0 saturated carbocycles. The molecule has 1 unspecified atom stereocenters. The first kappa shape index (κ1) is 11.2. The molecule has 1 saturated heterocycles. The number of aliphatic hydroxyl groups is 1. The molecule has 1 heterocycles. The lowest BCUT2D eigenvalue weighted by molar-refractivity contribution is 0.164. The van der Waals surface area contributed by atoms with E-state index >= 15 is 0 Å². The van der Waals surface area contributed by atoms with Crippen LogP contribution in [0.3, 0.4) is 0 Å². The zero-order valence-corrected chi connectivity index (χ0v) is 9.13. The summed E-state index contributed by atoms with van der Waals surface area (Å²) >= 11 is 5.22. The summed E-state index contributed by atoms with van der Waals surface area (Å²) in [4.78, 5) is 4.00. The Balaban J connectivity index is 2.40. The monoisotopic (exact) mass is 213 g/mol. The van der Waals surface area contributed by atoms with Crippen molar-refractivity contribution < 1.29 is 5.11 Å². The molecule has 0 aromatic carbocycles. The molecule has 1 atom stereocenters. The van der Waals surface area contributed by atoms with Gasteiger partial charge in [-0.05, 0) is 19.1 Å². The van der Waals surface area contributed by atoms with E-state index in [-0.39, 0.29) is 6.10 Å². The SMILES string of the molecule is CC(O)CN1CCN(CCC#N)C1=S.